The standard InChI is InChI=1S/C10H18O2/c1-3-4-5-6-7-8-9-10(11)12-2/h3H,1,4-9H2,2H3. The molecule has 0 radical (unpaired) electrons. The molecule has 0 spiro atoms. The quantitative estimate of drug-likeness (QED) is 0.333. The van der Waals surface area contributed by atoms with Gasteiger partial charge in [-0.15, -0.1) is 6.58 Å². The maximum Gasteiger partial charge on any atom is 0.305 e. The van der Waals surface area contributed by atoms with E-state index in [1.165, 1.54) is 20.0 Å². The summed E-state index contributed by atoms with van der Waals surface area (Å²) in [4.78, 5) is 10.7. The smallest absolute Gasteiger partial charge is 0.305 e. The van der Waals surface area contributed by atoms with E-state index in [0.29, 0.717) is 6.42 Å². The first kappa shape index (κ1) is 11.2. The van der Waals surface area contributed by atoms with Crippen molar-refractivity contribution in [3.05, 3.63) is 12.7 Å². The molecule has 2 heteroatoms. The van der Waals surface area contributed by atoms with Gasteiger partial charge in [0.25, 0.3) is 0 Å². The molecule has 0 heterocycles. The predicted octanol–water partition coefficient (Wildman–Crippen LogP) is 2.69. The Labute approximate surface area is 74.6 Å². The number of methoxy groups -OCH3 is 1. The summed E-state index contributed by atoms with van der Waals surface area (Å²) in [6.07, 6.45) is 8.00. The molecular weight excluding hydrogens is 152 g/mol. The van der Waals surface area contributed by atoms with Crippen LogP contribution >= 0.6 is 0 Å². The third-order valence-electron chi connectivity index (χ3n) is 1.77. The number of unbranched alkanes of at least 4 members (excludes halogenated alkanes) is 4. The van der Waals surface area contributed by atoms with Crippen LogP contribution in [0.3, 0.4) is 0 Å². The molecule has 70 valence electrons. The molecule has 0 fully saturated rings. The van der Waals surface area contributed by atoms with Crippen molar-refractivity contribution in [2.45, 2.75) is 38.5 Å². The van der Waals surface area contributed by atoms with Crippen LogP contribution in [0.1, 0.15) is 38.5 Å². The summed E-state index contributed by atoms with van der Waals surface area (Å²) in [5, 5.41) is 0. The predicted molar refractivity (Wildman–Crippen MR) is 49.9 cm³/mol. The summed E-state index contributed by atoms with van der Waals surface area (Å²) in [7, 11) is 1.43. The van der Waals surface area contributed by atoms with Gasteiger partial charge < -0.3 is 4.74 Å². The van der Waals surface area contributed by atoms with E-state index in [4.69, 9.17) is 0 Å². The molecule has 0 unspecified atom stereocenters. The summed E-state index contributed by atoms with van der Waals surface area (Å²) in [6.45, 7) is 3.65. The third-order valence-corrected chi connectivity index (χ3v) is 1.77. The molecule has 0 aliphatic rings. The number of hydrogen-bond donors (Lipinski definition) is 0. The molecule has 0 saturated heterocycles. The van der Waals surface area contributed by atoms with E-state index in [2.05, 4.69) is 11.3 Å². The van der Waals surface area contributed by atoms with Crippen molar-refractivity contribution in [1.29, 1.82) is 0 Å². The lowest BCUT2D eigenvalue weighted by Crippen LogP contribution is -1.98. The summed E-state index contributed by atoms with van der Waals surface area (Å²) in [5.41, 5.74) is 0. The molecule has 12 heavy (non-hydrogen) atoms. The third kappa shape index (κ3) is 7.32. The average molecular weight is 170 g/mol. The molecule has 0 saturated carbocycles. The summed E-state index contributed by atoms with van der Waals surface area (Å²) >= 11 is 0. The lowest BCUT2D eigenvalue weighted by Gasteiger charge is -1.98. The second-order valence-electron chi connectivity index (χ2n) is 2.82. The van der Waals surface area contributed by atoms with Crippen LogP contribution in [0.4, 0.5) is 0 Å². The molecule has 0 bridgehead atoms. The van der Waals surface area contributed by atoms with Crippen LogP contribution in [0.15, 0.2) is 12.7 Å². The number of rotatable bonds is 7. The van der Waals surface area contributed by atoms with Crippen molar-refractivity contribution in [2.24, 2.45) is 0 Å². The van der Waals surface area contributed by atoms with Crippen LogP contribution in [0.5, 0.6) is 0 Å². The lowest BCUT2D eigenvalue weighted by atomic mass is 10.1. The zero-order valence-electron chi connectivity index (χ0n) is 7.84. The van der Waals surface area contributed by atoms with E-state index in [0.717, 1.165) is 19.3 Å². The van der Waals surface area contributed by atoms with Gasteiger partial charge in [-0.1, -0.05) is 18.9 Å². The maximum atomic E-state index is 10.7. The minimum Gasteiger partial charge on any atom is -0.469 e. The van der Waals surface area contributed by atoms with Crippen molar-refractivity contribution in [3.8, 4) is 0 Å². The molecule has 0 rings (SSSR count). The molecule has 0 aliphatic heterocycles. The van der Waals surface area contributed by atoms with Gasteiger partial charge >= 0.3 is 5.97 Å². The fourth-order valence-corrected chi connectivity index (χ4v) is 1.01. The van der Waals surface area contributed by atoms with Crippen molar-refractivity contribution < 1.29 is 9.53 Å². The largest absolute Gasteiger partial charge is 0.469 e. The normalized spacial score (nSPS) is 9.42. The van der Waals surface area contributed by atoms with Gasteiger partial charge in [0.15, 0.2) is 0 Å². The van der Waals surface area contributed by atoms with E-state index in [1.54, 1.807) is 0 Å². The first-order valence-corrected chi connectivity index (χ1v) is 4.49. The van der Waals surface area contributed by atoms with Crippen LogP contribution in [0, 0.1) is 0 Å². The highest BCUT2D eigenvalue weighted by molar-refractivity contribution is 5.68. The Morgan fingerprint density at radius 1 is 1.33 bits per heavy atom. The fraction of sp³-hybridized carbons (Fsp3) is 0.700. The summed E-state index contributed by atoms with van der Waals surface area (Å²) in [5.74, 6) is -0.0984. The van der Waals surface area contributed by atoms with Crippen LogP contribution in [-0.4, -0.2) is 13.1 Å². The van der Waals surface area contributed by atoms with E-state index in [1.807, 2.05) is 6.08 Å². The van der Waals surface area contributed by atoms with Gasteiger partial charge in [0.2, 0.25) is 0 Å². The van der Waals surface area contributed by atoms with Crippen molar-refractivity contribution in [3.63, 3.8) is 0 Å². The molecule has 0 atom stereocenters. The number of ether oxygens (including phenoxy) is 1. The fourth-order valence-electron chi connectivity index (χ4n) is 1.01. The van der Waals surface area contributed by atoms with E-state index in [9.17, 15) is 4.79 Å². The second kappa shape index (κ2) is 8.31. The van der Waals surface area contributed by atoms with Crippen molar-refractivity contribution in [2.75, 3.05) is 7.11 Å². The molecule has 0 aromatic carbocycles. The first-order valence-electron chi connectivity index (χ1n) is 4.49. The SMILES string of the molecule is C=CCCCCCCC(=O)OC. The van der Waals surface area contributed by atoms with Crippen LogP contribution in [0.25, 0.3) is 0 Å². The Morgan fingerprint density at radius 2 is 2.00 bits per heavy atom. The zero-order valence-corrected chi connectivity index (χ0v) is 7.84. The van der Waals surface area contributed by atoms with Gasteiger partial charge in [-0.2, -0.15) is 0 Å². The van der Waals surface area contributed by atoms with Gasteiger partial charge in [0, 0.05) is 6.42 Å². The van der Waals surface area contributed by atoms with Crippen molar-refractivity contribution in [1.82, 2.24) is 0 Å². The van der Waals surface area contributed by atoms with Crippen LogP contribution < -0.4 is 0 Å². The number of allylic oxidation sites excluding steroid dienone is 1. The van der Waals surface area contributed by atoms with E-state index in [-0.39, 0.29) is 5.97 Å². The lowest BCUT2D eigenvalue weighted by molar-refractivity contribution is -0.140. The molecule has 0 aromatic heterocycles. The highest BCUT2D eigenvalue weighted by Crippen LogP contribution is 2.05. The Bertz CT molecular complexity index is 130. The maximum absolute atomic E-state index is 10.7. The highest BCUT2D eigenvalue weighted by Gasteiger charge is 1.98. The number of esters is 1. The van der Waals surface area contributed by atoms with E-state index >= 15 is 0 Å². The molecule has 0 amide bonds. The molecule has 0 aliphatic carbocycles. The zero-order chi connectivity index (χ0) is 9.23. The molecule has 0 aromatic rings. The minimum atomic E-state index is -0.0984. The monoisotopic (exact) mass is 170 g/mol. The topological polar surface area (TPSA) is 26.3 Å². The van der Waals surface area contributed by atoms with E-state index < -0.39 is 0 Å². The average Bonchev–Trinajstić information content (AvgIpc) is 2.10. The number of carbonyl (C=O) groups excluding carboxylic acids is 1. The molecule has 2 nitrogen and oxygen atoms in total. The summed E-state index contributed by atoms with van der Waals surface area (Å²) in [6, 6.07) is 0. The van der Waals surface area contributed by atoms with Gasteiger partial charge in [-0.3, -0.25) is 4.79 Å². The Balaban J connectivity index is 3.00. The Hall–Kier alpha value is -0.790. The van der Waals surface area contributed by atoms with Crippen LogP contribution in [0.2, 0.25) is 0 Å². The molecule has 0 N–H and O–H groups in total. The van der Waals surface area contributed by atoms with Gasteiger partial charge in [-0.25, -0.2) is 0 Å². The van der Waals surface area contributed by atoms with Crippen molar-refractivity contribution >= 4 is 5.97 Å². The second-order valence-corrected chi connectivity index (χ2v) is 2.82. The van der Waals surface area contributed by atoms with Crippen LogP contribution in [-0.2, 0) is 9.53 Å². The minimum absolute atomic E-state index is 0.0984. The summed E-state index contributed by atoms with van der Waals surface area (Å²) < 4.78 is 4.52. The number of hydrogen-bond acceptors (Lipinski definition) is 2. The van der Waals surface area contributed by atoms with Gasteiger partial charge in [-0.05, 0) is 19.3 Å². The Kier molecular flexibility index (Phi) is 7.76. The Morgan fingerprint density at radius 3 is 2.58 bits per heavy atom. The van der Waals surface area contributed by atoms with Gasteiger partial charge in [0.05, 0.1) is 7.11 Å². The first-order chi connectivity index (χ1) is 5.81. The molecular formula is C10H18O2. The highest BCUT2D eigenvalue weighted by atomic mass is 16.5. The number of carbonyl (C=O) groups is 1. The van der Waals surface area contributed by atoms with Gasteiger partial charge in [0.1, 0.15) is 0 Å².